The molecule has 4 heteroatoms. The highest BCUT2D eigenvalue weighted by molar-refractivity contribution is 5.69. The van der Waals surface area contributed by atoms with E-state index in [1.807, 2.05) is 24.3 Å². The molecule has 0 radical (unpaired) electrons. The number of hydrogen-bond donors (Lipinski definition) is 1. The summed E-state index contributed by atoms with van der Waals surface area (Å²) in [6, 6.07) is 0. The van der Waals surface area contributed by atoms with Gasteiger partial charge in [-0.2, -0.15) is 0 Å². The van der Waals surface area contributed by atoms with Crippen LogP contribution in [0.15, 0.2) is 36.5 Å². The zero-order valence-corrected chi connectivity index (χ0v) is 21.4. The second kappa shape index (κ2) is 24.8. The highest BCUT2D eigenvalue weighted by Gasteiger charge is 2.08. The number of hydrogen-bond acceptors (Lipinski definition) is 3. The summed E-state index contributed by atoms with van der Waals surface area (Å²) < 4.78 is 5.68. The van der Waals surface area contributed by atoms with Crippen LogP contribution in [0.3, 0.4) is 0 Å². The Morgan fingerprint density at radius 2 is 1.27 bits per heavy atom. The monoisotopic (exact) mass is 462 g/mol. The van der Waals surface area contributed by atoms with E-state index < -0.39 is 5.97 Å². The lowest BCUT2D eigenvalue weighted by molar-refractivity contribution is -0.145. The largest absolute Gasteiger partial charge is 0.481 e. The van der Waals surface area contributed by atoms with Crippen molar-refractivity contribution in [3.63, 3.8) is 0 Å². The van der Waals surface area contributed by atoms with Gasteiger partial charge in [0, 0.05) is 12.8 Å². The fourth-order valence-electron chi connectivity index (χ4n) is 3.61. The molecule has 0 aromatic heterocycles. The Morgan fingerprint density at radius 1 is 0.697 bits per heavy atom. The Balaban J connectivity index is 4.16. The topological polar surface area (TPSA) is 63.6 Å². The van der Waals surface area contributed by atoms with E-state index >= 15 is 0 Å². The van der Waals surface area contributed by atoms with Crippen LogP contribution < -0.4 is 0 Å². The summed E-state index contributed by atoms with van der Waals surface area (Å²) in [5.41, 5.74) is 0. The summed E-state index contributed by atoms with van der Waals surface area (Å²) in [7, 11) is 0. The minimum Gasteiger partial charge on any atom is -0.481 e. The SMILES string of the molecule is CC/C=C\C/C=C\C(/C=C\CCCCCC(=O)O)OC(=O)CCCCCCCCCCCC. The minimum atomic E-state index is -0.734. The number of aliphatic carboxylic acids is 1. The van der Waals surface area contributed by atoms with Crippen molar-refractivity contribution < 1.29 is 19.4 Å². The average Bonchev–Trinajstić information content (AvgIpc) is 2.79. The normalized spacial score (nSPS) is 12.8. The summed E-state index contributed by atoms with van der Waals surface area (Å²) in [5.74, 6) is -0.860. The third-order valence-corrected chi connectivity index (χ3v) is 5.59. The van der Waals surface area contributed by atoms with Crippen LogP contribution in [-0.4, -0.2) is 23.1 Å². The maximum Gasteiger partial charge on any atom is 0.306 e. The molecular formula is C29H50O4. The van der Waals surface area contributed by atoms with Crippen molar-refractivity contribution in [2.45, 2.75) is 136 Å². The molecule has 1 N–H and O–H groups in total. The molecule has 4 nitrogen and oxygen atoms in total. The zero-order valence-electron chi connectivity index (χ0n) is 21.4. The van der Waals surface area contributed by atoms with Crippen molar-refractivity contribution in [2.24, 2.45) is 0 Å². The summed E-state index contributed by atoms with van der Waals surface area (Å²) in [6.07, 6.45) is 30.4. The number of carbonyl (C=O) groups excluding carboxylic acids is 1. The number of esters is 1. The molecule has 0 spiro atoms. The lowest BCUT2D eigenvalue weighted by Gasteiger charge is -2.11. The lowest BCUT2D eigenvalue weighted by Crippen LogP contribution is -2.13. The van der Waals surface area contributed by atoms with Crippen LogP contribution in [0.2, 0.25) is 0 Å². The van der Waals surface area contributed by atoms with Gasteiger partial charge in [0.2, 0.25) is 0 Å². The minimum absolute atomic E-state index is 0.126. The lowest BCUT2D eigenvalue weighted by atomic mass is 10.1. The summed E-state index contributed by atoms with van der Waals surface area (Å²) >= 11 is 0. The van der Waals surface area contributed by atoms with Gasteiger partial charge in [-0.25, -0.2) is 0 Å². The van der Waals surface area contributed by atoms with Crippen molar-refractivity contribution in [1.82, 2.24) is 0 Å². The van der Waals surface area contributed by atoms with Gasteiger partial charge in [-0.05, 0) is 50.7 Å². The van der Waals surface area contributed by atoms with Crippen LogP contribution >= 0.6 is 0 Å². The number of carbonyl (C=O) groups is 2. The highest BCUT2D eigenvalue weighted by Crippen LogP contribution is 2.12. The van der Waals surface area contributed by atoms with Gasteiger partial charge in [0.1, 0.15) is 6.10 Å². The van der Waals surface area contributed by atoms with Crippen molar-refractivity contribution in [3.05, 3.63) is 36.5 Å². The highest BCUT2D eigenvalue weighted by atomic mass is 16.5. The predicted molar refractivity (Wildman–Crippen MR) is 139 cm³/mol. The molecule has 1 unspecified atom stereocenters. The Kier molecular flexibility index (Phi) is 23.4. The molecule has 33 heavy (non-hydrogen) atoms. The van der Waals surface area contributed by atoms with Crippen LogP contribution in [0.5, 0.6) is 0 Å². The first-order valence-corrected chi connectivity index (χ1v) is 13.5. The van der Waals surface area contributed by atoms with Gasteiger partial charge < -0.3 is 9.84 Å². The Morgan fingerprint density at radius 3 is 1.91 bits per heavy atom. The maximum atomic E-state index is 12.3. The standard InChI is InChI=1S/C29H50O4/c1-3-5-7-9-10-11-12-13-18-22-26-29(32)33-27(23-19-15-8-6-4-2)24-20-16-14-17-21-25-28(30)31/h6,8,19-20,23-24,27H,3-5,7,9-18,21-22,25-26H2,1-2H3,(H,30,31)/b8-6-,23-19-,24-20-. The molecule has 0 bridgehead atoms. The molecule has 0 aliphatic carbocycles. The van der Waals surface area contributed by atoms with Gasteiger partial charge in [0.25, 0.3) is 0 Å². The quantitative estimate of drug-likeness (QED) is 0.0936. The second-order valence-electron chi connectivity index (χ2n) is 8.85. The molecule has 0 aromatic carbocycles. The van der Waals surface area contributed by atoms with E-state index in [0.29, 0.717) is 12.8 Å². The van der Waals surface area contributed by atoms with E-state index in [2.05, 4.69) is 26.0 Å². The van der Waals surface area contributed by atoms with E-state index in [1.54, 1.807) is 0 Å². The molecule has 0 aliphatic rings. The molecule has 0 saturated carbocycles. The molecule has 0 fully saturated rings. The third kappa shape index (κ3) is 24.6. The first kappa shape index (κ1) is 31.2. The number of rotatable bonds is 23. The van der Waals surface area contributed by atoms with Crippen LogP contribution in [0.1, 0.15) is 129 Å². The van der Waals surface area contributed by atoms with E-state index in [9.17, 15) is 9.59 Å². The molecule has 0 aliphatic heterocycles. The van der Waals surface area contributed by atoms with E-state index in [4.69, 9.17) is 9.84 Å². The smallest absolute Gasteiger partial charge is 0.306 e. The molecule has 190 valence electrons. The number of allylic oxidation sites excluding steroid dienone is 4. The van der Waals surface area contributed by atoms with E-state index in [1.165, 1.54) is 51.4 Å². The van der Waals surface area contributed by atoms with Gasteiger partial charge in [-0.1, -0.05) is 102 Å². The number of unbranched alkanes of at least 4 members (excludes halogenated alkanes) is 12. The van der Waals surface area contributed by atoms with Crippen molar-refractivity contribution in [2.75, 3.05) is 0 Å². The number of carboxylic acid groups (broad SMARTS) is 1. The van der Waals surface area contributed by atoms with Crippen LogP contribution in [0, 0.1) is 0 Å². The van der Waals surface area contributed by atoms with E-state index in [0.717, 1.165) is 44.9 Å². The van der Waals surface area contributed by atoms with Gasteiger partial charge in [-0.15, -0.1) is 0 Å². The zero-order chi connectivity index (χ0) is 24.4. The summed E-state index contributed by atoms with van der Waals surface area (Å²) in [6.45, 7) is 4.36. The van der Waals surface area contributed by atoms with Crippen molar-refractivity contribution in [3.8, 4) is 0 Å². The summed E-state index contributed by atoms with van der Waals surface area (Å²) in [5, 5.41) is 8.69. The van der Waals surface area contributed by atoms with Crippen LogP contribution in [-0.2, 0) is 14.3 Å². The van der Waals surface area contributed by atoms with Gasteiger partial charge in [-0.3, -0.25) is 9.59 Å². The molecule has 0 heterocycles. The fourth-order valence-corrected chi connectivity index (χ4v) is 3.61. The first-order valence-electron chi connectivity index (χ1n) is 13.5. The van der Waals surface area contributed by atoms with Gasteiger partial charge >= 0.3 is 11.9 Å². The molecule has 0 saturated heterocycles. The fraction of sp³-hybridized carbons (Fsp3) is 0.724. The Bertz CT molecular complexity index is 548. The van der Waals surface area contributed by atoms with Crippen LogP contribution in [0.4, 0.5) is 0 Å². The second-order valence-corrected chi connectivity index (χ2v) is 8.85. The summed E-state index contributed by atoms with van der Waals surface area (Å²) in [4.78, 5) is 22.9. The van der Waals surface area contributed by atoms with Gasteiger partial charge in [0.05, 0.1) is 0 Å². The predicted octanol–water partition coefficient (Wildman–Crippen LogP) is 8.71. The Labute approximate surface area is 203 Å². The maximum absolute atomic E-state index is 12.3. The van der Waals surface area contributed by atoms with E-state index in [-0.39, 0.29) is 18.5 Å². The van der Waals surface area contributed by atoms with Crippen LogP contribution in [0.25, 0.3) is 0 Å². The molecule has 0 aromatic rings. The number of ether oxygens (including phenoxy) is 1. The molecule has 1 atom stereocenters. The number of carboxylic acids is 1. The Hall–Kier alpha value is -1.84. The third-order valence-electron chi connectivity index (χ3n) is 5.59. The van der Waals surface area contributed by atoms with Crippen molar-refractivity contribution >= 4 is 11.9 Å². The molecular weight excluding hydrogens is 412 g/mol. The molecule has 0 rings (SSSR count). The average molecular weight is 463 g/mol. The van der Waals surface area contributed by atoms with Gasteiger partial charge in [0.15, 0.2) is 0 Å². The molecule has 0 amide bonds. The first-order chi connectivity index (χ1) is 16.1. The van der Waals surface area contributed by atoms with Crippen molar-refractivity contribution in [1.29, 1.82) is 0 Å².